The summed E-state index contributed by atoms with van der Waals surface area (Å²) in [4.78, 5) is 50.7. The zero-order valence-electron chi connectivity index (χ0n) is 40.4. The number of hydrogen-bond acceptors (Lipinski definition) is 11. The fourth-order valence-electron chi connectivity index (χ4n) is 9.66. The summed E-state index contributed by atoms with van der Waals surface area (Å²) in [7, 11) is 1.57. The van der Waals surface area contributed by atoms with Crippen molar-refractivity contribution in [1.82, 2.24) is 0 Å². The summed E-state index contributed by atoms with van der Waals surface area (Å²) >= 11 is 1.39. The van der Waals surface area contributed by atoms with Gasteiger partial charge >= 0.3 is 5.97 Å². The number of aryl methyl sites for hydroxylation is 1. The molecule has 0 unspecified atom stereocenters. The van der Waals surface area contributed by atoms with E-state index in [0.717, 1.165) is 63.3 Å². The van der Waals surface area contributed by atoms with E-state index < -0.39 is 10.7 Å². The standard InChI is InChI=1S/C56H60N4O9S/c1-6-18-66-20-21-67-19-17-58(35-56(3,4)70-34-53(61)62)43-24-37(32-68-50-30-47-46(22-36(50)2)55(64)60-44(31-57-47)27-41-12-8-10-14-49(41)60)23-38(25-43)33-69-52-28-39-15-16-42-26-40-11-7-9-13-48(40)59(42)54(63)45(39)29-51(52)65-5/h7-16,22-25,28-31,42,44H,6,17-21,26-27,32-35H2,1-5H3,(H,61,62)/t42-,44+/m1/s1. The molecule has 14 heteroatoms. The number of methoxy groups -OCH3 is 1. The number of anilines is 3. The topological polar surface area (TPSA) is 140 Å². The normalized spacial score (nSPS) is 16.4. The second-order valence-electron chi connectivity index (χ2n) is 18.7. The molecule has 2 atom stereocenters. The van der Waals surface area contributed by atoms with Gasteiger partial charge in [-0.2, -0.15) is 0 Å². The molecular weight excluding hydrogens is 905 g/mol. The van der Waals surface area contributed by atoms with Crippen LogP contribution in [0.15, 0.2) is 102 Å². The maximum absolute atomic E-state index is 14.2. The first-order chi connectivity index (χ1) is 33.9. The highest BCUT2D eigenvalue weighted by molar-refractivity contribution is 8.01. The lowest BCUT2D eigenvalue weighted by atomic mass is 10.0. The van der Waals surface area contributed by atoms with Crippen LogP contribution in [0.2, 0.25) is 0 Å². The zero-order chi connectivity index (χ0) is 48.9. The van der Waals surface area contributed by atoms with Gasteiger partial charge in [0.05, 0.1) is 61.6 Å². The van der Waals surface area contributed by atoms with E-state index in [-0.39, 0.29) is 42.9 Å². The van der Waals surface area contributed by atoms with Crippen LogP contribution >= 0.6 is 11.8 Å². The minimum Gasteiger partial charge on any atom is -0.493 e. The Morgan fingerprint density at radius 3 is 2.11 bits per heavy atom. The number of carbonyl (C=O) groups is 3. The van der Waals surface area contributed by atoms with Crippen molar-refractivity contribution >= 4 is 64.6 Å². The fourth-order valence-corrected chi connectivity index (χ4v) is 10.4. The summed E-state index contributed by atoms with van der Waals surface area (Å²) < 4.78 is 30.4. The molecule has 0 radical (unpaired) electrons. The number of carboxylic acid groups (broad SMARTS) is 1. The van der Waals surface area contributed by atoms with Crippen LogP contribution in [0.25, 0.3) is 6.08 Å². The molecule has 4 aliphatic rings. The van der Waals surface area contributed by atoms with Crippen LogP contribution in [0.1, 0.15) is 81.3 Å². The van der Waals surface area contributed by atoms with E-state index in [9.17, 15) is 19.5 Å². The molecule has 5 aromatic rings. The molecule has 0 spiro atoms. The van der Waals surface area contributed by atoms with Gasteiger partial charge in [0.15, 0.2) is 11.5 Å². The third-order valence-corrected chi connectivity index (χ3v) is 14.3. The highest BCUT2D eigenvalue weighted by Crippen LogP contribution is 2.42. The highest BCUT2D eigenvalue weighted by atomic mass is 32.2. The number of aliphatic carboxylic acids is 1. The van der Waals surface area contributed by atoms with Crippen LogP contribution < -0.4 is 28.9 Å². The number of benzene rings is 5. The van der Waals surface area contributed by atoms with Crippen LogP contribution in [-0.2, 0) is 40.3 Å². The van der Waals surface area contributed by atoms with E-state index in [1.54, 1.807) is 13.2 Å². The van der Waals surface area contributed by atoms with Crippen LogP contribution in [0.3, 0.4) is 0 Å². The highest BCUT2D eigenvalue weighted by Gasteiger charge is 2.37. The molecule has 364 valence electrons. The van der Waals surface area contributed by atoms with E-state index in [1.165, 1.54) is 11.8 Å². The maximum Gasteiger partial charge on any atom is 0.313 e. The van der Waals surface area contributed by atoms with Gasteiger partial charge in [-0.3, -0.25) is 24.3 Å². The van der Waals surface area contributed by atoms with Gasteiger partial charge in [-0.1, -0.05) is 55.5 Å². The molecule has 1 N–H and O–H groups in total. The Labute approximate surface area is 414 Å². The molecular formula is C56H60N4O9S. The quantitative estimate of drug-likeness (QED) is 0.0703. The van der Waals surface area contributed by atoms with Crippen molar-refractivity contribution in [3.05, 3.63) is 142 Å². The Balaban J connectivity index is 1.01. The van der Waals surface area contributed by atoms with Crippen molar-refractivity contribution in [3.63, 3.8) is 0 Å². The first kappa shape index (κ1) is 48.4. The SMILES string of the molecule is CCCOCCOCCN(CC(C)(C)SCC(=O)O)c1cc(COc2cc3c(cc2C)C(=O)N2c4ccccc4C[C@H]2C=N3)cc(COc2cc3c(cc2OC)C(=O)N2c4ccccc4C[C@H]2C=C3)c1. The van der Waals surface area contributed by atoms with Gasteiger partial charge in [-0.05, 0) is 116 Å². The first-order valence-corrected chi connectivity index (χ1v) is 24.9. The average Bonchev–Trinajstić information content (AvgIpc) is 3.85. The first-order valence-electron chi connectivity index (χ1n) is 24.0. The summed E-state index contributed by atoms with van der Waals surface area (Å²) in [6.07, 6.45) is 8.33. The third-order valence-electron chi connectivity index (χ3n) is 13.0. The predicted octanol–water partition coefficient (Wildman–Crippen LogP) is 9.89. The number of aliphatic imine (C=N–C) groups is 1. The molecule has 9 rings (SSSR count). The lowest BCUT2D eigenvalue weighted by Crippen LogP contribution is -2.39. The molecule has 2 amide bonds. The Hall–Kier alpha value is -6.61. The van der Waals surface area contributed by atoms with Gasteiger partial charge in [-0.15, -0.1) is 11.8 Å². The summed E-state index contributed by atoms with van der Waals surface area (Å²) in [6.45, 7) is 11.5. The molecule has 0 aliphatic carbocycles. The number of amides is 2. The van der Waals surface area contributed by atoms with E-state index in [4.69, 9.17) is 28.7 Å². The molecule has 0 fully saturated rings. The number of rotatable bonds is 21. The number of hydrogen-bond donors (Lipinski definition) is 1. The average molecular weight is 965 g/mol. The van der Waals surface area contributed by atoms with Crippen molar-refractivity contribution in [3.8, 4) is 17.2 Å². The van der Waals surface area contributed by atoms with Crippen molar-refractivity contribution in [1.29, 1.82) is 0 Å². The van der Waals surface area contributed by atoms with Crippen molar-refractivity contribution in [2.24, 2.45) is 4.99 Å². The summed E-state index contributed by atoms with van der Waals surface area (Å²) in [6, 6.07) is 29.4. The summed E-state index contributed by atoms with van der Waals surface area (Å²) in [5.74, 6) is 0.463. The maximum atomic E-state index is 14.2. The van der Waals surface area contributed by atoms with E-state index in [0.29, 0.717) is 80.0 Å². The lowest BCUT2D eigenvalue weighted by Gasteiger charge is -2.34. The summed E-state index contributed by atoms with van der Waals surface area (Å²) in [5.41, 5.74) is 9.87. The van der Waals surface area contributed by atoms with Crippen molar-refractivity contribution in [2.45, 2.75) is 77.0 Å². The zero-order valence-corrected chi connectivity index (χ0v) is 41.3. The Kier molecular flexibility index (Phi) is 14.6. The Bertz CT molecular complexity index is 2840. The van der Waals surface area contributed by atoms with Crippen molar-refractivity contribution < 1.29 is 43.2 Å². The molecule has 4 heterocycles. The Morgan fingerprint density at radius 2 is 1.43 bits per heavy atom. The molecule has 13 nitrogen and oxygen atoms in total. The van der Waals surface area contributed by atoms with Gasteiger partial charge in [0, 0.05) is 60.2 Å². The van der Waals surface area contributed by atoms with Crippen LogP contribution in [0.4, 0.5) is 22.7 Å². The molecule has 0 saturated carbocycles. The number of carboxylic acids is 1. The minimum atomic E-state index is -0.869. The van der Waals surface area contributed by atoms with Gasteiger partial charge in [-0.25, -0.2) is 0 Å². The number of thioether (sulfide) groups is 1. The smallest absolute Gasteiger partial charge is 0.313 e. The van der Waals surface area contributed by atoms with Crippen LogP contribution in [0.5, 0.6) is 17.2 Å². The largest absolute Gasteiger partial charge is 0.493 e. The van der Waals surface area contributed by atoms with Crippen LogP contribution in [-0.4, -0.2) is 98.3 Å². The third kappa shape index (κ3) is 10.6. The Morgan fingerprint density at radius 1 is 0.786 bits per heavy atom. The summed E-state index contributed by atoms with van der Waals surface area (Å²) in [5, 5.41) is 9.60. The molecule has 0 bridgehead atoms. The number of para-hydroxylation sites is 2. The molecule has 0 aromatic heterocycles. The number of ether oxygens (including phenoxy) is 5. The minimum absolute atomic E-state index is 0.0315. The lowest BCUT2D eigenvalue weighted by molar-refractivity contribution is -0.133. The van der Waals surface area contributed by atoms with Gasteiger partial charge in [0.2, 0.25) is 0 Å². The number of fused-ring (bicyclic) bond motifs is 8. The van der Waals surface area contributed by atoms with Gasteiger partial charge in [0.25, 0.3) is 11.8 Å². The monoisotopic (exact) mass is 964 g/mol. The number of carbonyl (C=O) groups excluding carboxylic acids is 2. The molecule has 0 saturated heterocycles. The molecule has 70 heavy (non-hydrogen) atoms. The van der Waals surface area contributed by atoms with Crippen LogP contribution in [0, 0.1) is 6.92 Å². The van der Waals surface area contributed by atoms with Crippen molar-refractivity contribution in [2.75, 3.05) is 67.1 Å². The molecule has 5 aromatic carbocycles. The second-order valence-corrected chi connectivity index (χ2v) is 20.4. The molecule has 4 aliphatic heterocycles. The van der Waals surface area contributed by atoms with E-state index in [2.05, 4.69) is 42.2 Å². The fraction of sp³-hybridized carbons (Fsp3) is 0.357. The van der Waals surface area contributed by atoms with Gasteiger partial charge < -0.3 is 38.6 Å². The number of nitrogens with zero attached hydrogens (tertiary/aromatic N) is 4. The van der Waals surface area contributed by atoms with E-state index >= 15 is 0 Å². The van der Waals surface area contributed by atoms with Gasteiger partial charge in [0.1, 0.15) is 19.0 Å². The van der Waals surface area contributed by atoms with E-state index in [1.807, 2.05) is 104 Å². The second kappa shape index (κ2) is 21.2. The predicted molar refractivity (Wildman–Crippen MR) is 276 cm³/mol.